The summed E-state index contributed by atoms with van der Waals surface area (Å²) in [7, 11) is 2.11. The van der Waals surface area contributed by atoms with Gasteiger partial charge in [-0.15, -0.1) is 0 Å². The zero-order valence-corrected chi connectivity index (χ0v) is 10.3. The van der Waals surface area contributed by atoms with Crippen LogP contribution in [-0.4, -0.2) is 31.6 Å². The molecule has 0 radical (unpaired) electrons. The van der Waals surface area contributed by atoms with E-state index in [1.807, 2.05) is 24.3 Å². The van der Waals surface area contributed by atoms with E-state index in [9.17, 15) is 0 Å². The van der Waals surface area contributed by atoms with Crippen LogP contribution in [0.4, 0.5) is 0 Å². The highest BCUT2D eigenvalue weighted by atomic mass is 16.5. The van der Waals surface area contributed by atoms with Crippen molar-refractivity contribution in [3.63, 3.8) is 0 Å². The van der Waals surface area contributed by atoms with Crippen molar-refractivity contribution in [2.75, 3.05) is 26.7 Å². The van der Waals surface area contributed by atoms with Crippen molar-refractivity contribution in [2.24, 2.45) is 5.73 Å². The van der Waals surface area contributed by atoms with Crippen LogP contribution in [0, 0.1) is 0 Å². The zero-order valence-electron chi connectivity index (χ0n) is 10.3. The van der Waals surface area contributed by atoms with Gasteiger partial charge in [-0.05, 0) is 37.7 Å². The summed E-state index contributed by atoms with van der Waals surface area (Å²) in [4.78, 5) is 2.27. The predicted octanol–water partition coefficient (Wildman–Crippen LogP) is 1.87. The fraction of sp³-hybridized carbons (Fsp3) is 0.538. The number of hydrogen-bond acceptors (Lipinski definition) is 3. The van der Waals surface area contributed by atoms with Gasteiger partial charge in [0, 0.05) is 13.1 Å². The van der Waals surface area contributed by atoms with Crippen molar-refractivity contribution in [3.8, 4) is 5.75 Å². The van der Waals surface area contributed by atoms with Crippen molar-refractivity contribution in [3.05, 3.63) is 29.8 Å². The van der Waals surface area contributed by atoms with Crippen molar-refractivity contribution < 1.29 is 4.74 Å². The molecule has 0 bridgehead atoms. The summed E-state index contributed by atoms with van der Waals surface area (Å²) in [6, 6.07) is 7.96. The van der Waals surface area contributed by atoms with Crippen molar-refractivity contribution >= 4 is 0 Å². The van der Waals surface area contributed by atoms with Crippen molar-refractivity contribution in [2.45, 2.75) is 19.9 Å². The lowest BCUT2D eigenvalue weighted by Crippen LogP contribution is -2.24. The molecule has 3 nitrogen and oxygen atoms in total. The molecule has 0 fully saturated rings. The van der Waals surface area contributed by atoms with Gasteiger partial charge in [-0.1, -0.05) is 19.1 Å². The topological polar surface area (TPSA) is 38.5 Å². The van der Waals surface area contributed by atoms with Crippen LogP contribution in [0.15, 0.2) is 24.3 Å². The minimum atomic E-state index is 0.562. The Morgan fingerprint density at radius 1 is 1.31 bits per heavy atom. The Labute approximate surface area is 98.2 Å². The number of benzene rings is 1. The minimum absolute atomic E-state index is 0.562. The number of nitrogens with zero attached hydrogens (tertiary/aromatic N) is 1. The van der Waals surface area contributed by atoms with Crippen LogP contribution >= 0.6 is 0 Å². The second-order valence-corrected chi connectivity index (χ2v) is 4.00. The van der Waals surface area contributed by atoms with E-state index in [-0.39, 0.29) is 0 Å². The van der Waals surface area contributed by atoms with E-state index >= 15 is 0 Å². The fourth-order valence-corrected chi connectivity index (χ4v) is 1.58. The molecule has 0 aromatic heterocycles. The van der Waals surface area contributed by atoms with Crippen LogP contribution in [0.2, 0.25) is 0 Å². The Kier molecular flexibility index (Phi) is 5.90. The third-order valence-electron chi connectivity index (χ3n) is 2.48. The zero-order chi connectivity index (χ0) is 11.8. The molecule has 16 heavy (non-hydrogen) atoms. The van der Waals surface area contributed by atoms with E-state index in [0.29, 0.717) is 6.54 Å². The monoisotopic (exact) mass is 222 g/mol. The molecule has 90 valence electrons. The van der Waals surface area contributed by atoms with Crippen LogP contribution in [0.1, 0.15) is 18.9 Å². The van der Waals surface area contributed by atoms with Gasteiger partial charge in [0.25, 0.3) is 0 Å². The highest BCUT2D eigenvalue weighted by Gasteiger charge is 1.98. The quantitative estimate of drug-likeness (QED) is 0.765. The summed E-state index contributed by atoms with van der Waals surface area (Å²) in [5, 5.41) is 0. The average molecular weight is 222 g/mol. The molecule has 0 atom stereocenters. The lowest BCUT2D eigenvalue weighted by Gasteiger charge is -2.15. The molecule has 0 aliphatic carbocycles. The van der Waals surface area contributed by atoms with E-state index < -0.39 is 0 Å². The van der Waals surface area contributed by atoms with E-state index in [0.717, 1.165) is 31.0 Å². The van der Waals surface area contributed by atoms with E-state index in [1.54, 1.807) is 0 Å². The lowest BCUT2D eigenvalue weighted by molar-refractivity contribution is 0.237. The third kappa shape index (κ3) is 4.64. The van der Waals surface area contributed by atoms with E-state index in [1.165, 1.54) is 6.42 Å². The molecule has 3 heteroatoms. The molecule has 2 N–H and O–H groups in total. The smallest absolute Gasteiger partial charge is 0.119 e. The number of hydrogen-bond donors (Lipinski definition) is 1. The normalized spacial score (nSPS) is 10.8. The van der Waals surface area contributed by atoms with E-state index in [2.05, 4.69) is 18.9 Å². The summed E-state index contributed by atoms with van der Waals surface area (Å²) >= 11 is 0. The largest absolute Gasteiger partial charge is 0.492 e. The molecule has 1 aromatic rings. The van der Waals surface area contributed by atoms with Gasteiger partial charge in [-0.25, -0.2) is 0 Å². The minimum Gasteiger partial charge on any atom is -0.492 e. The molecular weight excluding hydrogens is 200 g/mol. The molecule has 0 amide bonds. The molecule has 0 unspecified atom stereocenters. The molecule has 0 heterocycles. The van der Waals surface area contributed by atoms with Gasteiger partial charge in [0.15, 0.2) is 0 Å². The lowest BCUT2D eigenvalue weighted by atomic mass is 10.2. The highest BCUT2D eigenvalue weighted by molar-refractivity contribution is 5.28. The summed E-state index contributed by atoms with van der Waals surface area (Å²) < 4.78 is 5.67. The summed E-state index contributed by atoms with van der Waals surface area (Å²) in [5.41, 5.74) is 6.68. The second-order valence-electron chi connectivity index (χ2n) is 4.00. The average Bonchev–Trinajstić information content (AvgIpc) is 2.30. The van der Waals surface area contributed by atoms with Crippen LogP contribution in [0.25, 0.3) is 0 Å². The Morgan fingerprint density at radius 2 is 2.12 bits per heavy atom. The van der Waals surface area contributed by atoms with Crippen LogP contribution < -0.4 is 10.5 Å². The van der Waals surface area contributed by atoms with Gasteiger partial charge in [-0.3, -0.25) is 0 Å². The Morgan fingerprint density at radius 3 is 2.81 bits per heavy atom. The van der Waals surface area contributed by atoms with Gasteiger partial charge in [0.05, 0.1) is 0 Å². The Bertz CT molecular complexity index is 302. The molecule has 0 saturated carbocycles. The predicted molar refractivity (Wildman–Crippen MR) is 67.6 cm³/mol. The summed E-state index contributed by atoms with van der Waals surface area (Å²) in [6.07, 6.45) is 1.18. The van der Waals surface area contributed by atoms with Gasteiger partial charge in [0.2, 0.25) is 0 Å². The molecular formula is C13H22N2O. The van der Waals surface area contributed by atoms with Gasteiger partial charge >= 0.3 is 0 Å². The Balaban J connectivity index is 2.31. The number of nitrogens with two attached hydrogens (primary N) is 1. The second kappa shape index (κ2) is 7.25. The summed E-state index contributed by atoms with van der Waals surface area (Å²) in [6.45, 7) is 5.55. The molecule has 0 aliphatic rings. The standard InChI is InChI=1S/C13H22N2O/c1-3-7-15(2)8-9-16-13-6-4-5-12(10-13)11-14/h4-6,10H,3,7-9,11,14H2,1-2H3. The van der Waals surface area contributed by atoms with E-state index in [4.69, 9.17) is 10.5 Å². The SMILES string of the molecule is CCCN(C)CCOc1cccc(CN)c1. The van der Waals surface area contributed by atoms with Gasteiger partial charge in [0.1, 0.15) is 12.4 Å². The number of rotatable bonds is 7. The van der Waals surface area contributed by atoms with Crippen molar-refractivity contribution in [1.29, 1.82) is 0 Å². The maximum atomic E-state index is 5.67. The molecule has 0 spiro atoms. The molecule has 0 saturated heterocycles. The number of ether oxygens (including phenoxy) is 1. The first-order chi connectivity index (χ1) is 7.76. The highest BCUT2D eigenvalue weighted by Crippen LogP contribution is 2.12. The third-order valence-corrected chi connectivity index (χ3v) is 2.48. The molecule has 0 aliphatic heterocycles. The van der Waals surface area contributed by atoms with Crippen LogP contribution in [0.5, 0.6) is 5.75 Å². The maximum absolute atomic E-state index is 5.67. The summed E-state index contributed by atoms with van der Waals surface area (Å²) in [5.74, 6) is 0.910. The van der Waals surface area contributed by atoms with Crippen LogP contribution in [-0.2, 0) is 6.54 Å². The number of likely N-dealkylation sites (N-methyl/N-ethyl adjacent to an activating group) is 1. The first-order valence-electron chi connectivity index (χ1n) is 5.86. The Hall–Kier alpha value is -1.06. The van der Waals surface area contributed by atoms with Crippen LogP contribution in [0.3, 0.4) is 0 Å². The molecule has 1 rings (SSSR count). The van der Waals surface area contributed by atoms with Gasteiger partial charge < -0.3 is 15.4 Å². The van der Waals surface area contributed by atoms with Gasteiger partial charge in [-0.2, -0.15) is 0 Å². The fourth-order valence-electron chi connectivity index (χ4n) is 1.58. The maximum Gasteiger partial charge on any atom is 0.119 e. The van der Waals surface area contributed by atoms with Crippen molar-refractivity contribution in [1.82, 2.24) is 4.90 Å². The first kappa shape index (κ1) is 13.0. The first-order valence-corrected chi connectivity index (χ1v) is 5.86. The molecule has 1 aromatic carbocycles.